The molecule has 5 nitrogen and oxygen atoms in total. The van der Waals surface area contributed by atoms with Gasteiger partial charge >= 0.3 is 5.97 Å². The van der Waals surface area contributed by atoms with Crippen LogP contribution < -0.4 is 0 Å². The summed E-state index contributed by atoms with van der Waals surface area (Å²) >= 11 is 0. The fourth-order valence-electron chi connectivity index (χ4n) is 3.21. The van der Waals surface area contributed by atoms with Gasteiger partial charge < -0.3 is 5.11 Å². The maximum atomic E-state index is 11.3. The van der Waals surface area contributed by atoms with Crippen LogP contribution in [0.3, 0.4) is 0 Å². The summed E-state index contributed by atoms with van der Waals surface area (Å²) in [4.78, 5) is 11.3. The summed E-state index contributed by atoms with van der Waals surface area (Å²) in [6.07, 6.45) is 6.59. The van der Waals surface area contributed by atoms with Gasteiger partial charge in [-0.2, -0.15) is 0 Å². The average molecular weight is 279 g/mol. The summed E-state index contributed by atoms with van der Waals surface area (Å²) < 4.78 is 1.91. The number of carbonyl (C=O) groups is 1. The molecule has 0 radical (unpaired) electrons. The monoisotopic (exact) mass is 279 g/mol. The number of aromatic nitrogens is 3. The summed E-state index contributed by atoms with van der Waals surface area (Å²) in [5.74, 6) is 0.170. The van der Waals surface area contributed by atoms with Crippen LogP contribution in [0, 0.1) is 11.8 Å². The molecule has 0 bridgehead atoms. The molecule has 2 rings (SSSR count). The Labute approximate surface area is 120 Å². The van der Waals surface area contributed by atoms with Gasteiger partial charge in [0.2, 0.25) is 0 Å². The van der Waals surface area contributed by atoms with Gasteiger partial charge in [-0.1, -0.05) is 45.2 Å². The maximum Gasteiger partial charge on any atom is 0.358 e. The minimum atomic E-state index is -0.963. The first kappa shape index (κ1) is 15.0. The highest BCUT2D eigenvalue weighted by atomic mass is 16.4. The van der Waals surface area contributed by atoms with Crippen LogP contribution in [-0.2, 0) is 6.42 Å². The molecule has 0 aliphatic heterocycles. The van der Waals surface area contributed by atoms with Crippen molar-refractivity contribution in [1.29, 1.82) is 0 Å². The van der Waals surface area contributed by atoms with Gasteiger partial charge in [-0.3, -0.25) is 0 Å². The first-order chi connectivity index (χ1) is 9.52. The molecule has 1 aromatic heterocycles. The van der Waals surface area contributed by atoms with E-state index in [2.05, 4.69) is 31.1 Å². The van der Waals surface area contributed by atoms with E-state index in [1.54, 1.807) is 0 Å². The molecule has 0 amide bonds. The van der Waals surface area contributed by atoms with Gasteiger partial charge in [0.1, 0.15) is 0 Å². The Morgan fingerprint density at radius 1 is 1.45 bits per heavy atom. The Morgan fingerprint density at radius 2 is 2.20 bits per heavy atom. The fourth-order valence-corrected chi connectivity index (χ4v) is 3.21. The molecule has 112 valence electrons. The van der Waals surface area contributed by atoms with Crippen molar-refractivity contribution in [1.82, 2.24) is 15.0 Å². The van der Waals surface area contributed by atoms with Gasteiger partial charge in [-0.15, -0.1) is 5.10 Å². The van der Waals surface area contributed by atoms with Crippen molar-refractivity contribution in [3.63, 3.8) is 0 Å². The molecule has 0 aromatic carbocycles. The molecule has 1 aliphatic rings. The van der Waals surface area contributed by atoms with Crippen molar-refractivity contribution in [3.8, 4) is 0 Å². The van der Waals surface area contributed by atoms with E-state index < -0.39 is 5.97 Å². The van der Waals surface area contributed by atoms with Crippen LogP contribution in [0.2, 0.25) is 0 Å². The lowest BCUT2D eigenvalue weighted by molar-refractivity contribution is 0.0689. The van der Waals surface area contributed by atoms with E-state index >= 15 is 0 Å². The van der Waals surface area contributed by atoms with Gasteiger partial charge in [-0.25, -0.2) is 9.48 Å². The average Bonchev–Trinajstić information content (AvgIpc) is 2.81. The van der Waals surface area contributed by atoms with Crippen LogP contribution in [0.1, 0.15) is 75.1 Å². The van der Waals surface area contributed by atoms with Crippen LogP contribution in [-0.4, -0.2) is 26.1 Å². The van der Waals surface area contributed by atoms with Crippen molar-refractivity contribution in [2.24, 2.45) is 11.8 Å². The van der Waals surface area contributed by atoms with Crippen molar-refractivity contribution in [3.05, 3.63) is 11.4 Å². The van der Waals surface area contributed by atoms with E-state index in [-0.39, 0.29) is 5.69 Å². The molecule has 0 saturated heterocycles. The lowest BCUT2D eigenvalue weighted by Gasteiger charge is -2.29. The Hall–Kier alpha value is -1.39. The summed E-state index contributed by atoms with van der Waals surface area (Å²) in [5.41, 5.74) is 0.937. The second-order valence-electron chi connectivity index (χ2n) is 6.33. The highest BCUT2D eigenvalue weighted by Crippen LogP contribution is 2.35. The summed E-state index contributed by atoms with van der Waals surface area (Å²) in [5, 5.41) is 17.3. The maximum absolute atomic E-state index is 11.3. The molecular formula is C15H25N3O2. The number of aromatic carboxylic acids is 1. The SMILES string of the molecule is CCC1CCCC(n2nnc(C(=O)O)c2CC(C)C)C1. The van der Waals surface area contributed by atoms with Gasteiger partial charge in [0, 0.05) is 0 Å². The topological polar surface area (TPSA) is 68.0 Å². The molecule has 1 N–H and O–H groups in total. The predicted molar refractivity (Wildman–Crippen MR) is 76.8 cm³/mol. The molecule has 0 spiro atoms. The van der Waals surface area contributed by atoms with Gasteiger partial charge in [-0.05, 0) is 31.1 Å². The van der Waals surface area contributed by atoms with E-state index in [0.717, 1.165) is 30.9 Å². The number of nitrogens with zero attached hydrogens (tertiary/aromatic N) is 3. The smallest absolute Gasteiger partial charge is 0.358 e. The molecule has 20 heavy (non-hydrogen) atoms. The number of hydrogen-bond acceptors (Lipinski definition) is 3. The third-order valence-corrected chi connectivity index (χ3v) is 4.27. The van der Waals surface area contributed by atoms with Crippen molar-refractivity contribution in [2.75, 3.05) is 0 Å². The molecule has 2 atom stereocenters. The standard InChI is InChI=1S/C15H25N3O2/c1-4-11-6-5-7-12(9-11)18-13(8-10(2)3)14(15(19)20)16-17-18/h10-12H,4-9H2,1-3H3,(H,19,20). The lowest BCUT2D eigenvalue weighted by Crippen LogP contribution is -2.22. The summed E-state index contributed by atoms with van der Waals surface area (Å²) in [7, 11) is 0. The third kappa shape index (κ3) is 3.19. The highest BCUT2D eigenvalue weighted by Gasteiger charge is 2.28. The molecule has 1 heterocycles. The zero-order chi connectivity index (χ0) is 14.7. The number of hydrogen-bond donors (Lipinski definition) is 1. The second kappa shape index (κ2) is 6.37. The molecule has 2 unspecified atom stereocenters. The molecular weight excluding hydrogens is 254 g/mol. The minimum absolute atomic E-state index is 0.136. The second-order valence-corrected chi connectivity index (χ2v) is 6.33. The molecule has 1 saturated carbocycles. The Kier molecular flexibility index (Phi) is 4.78. The van der Waals surface area contributed by atoms with Crippen LogP contribution in [0.5, 0.6) is 0 Å². The largest absolute Gasteiger partial charge is 0.476 e. The van der Waals surface area contributed by atoms with Crippen molar-refractivity contribution in [2.45, 2.75) is 65.3 Å². The summed E-state index contributed by atoms with van der Waals surface area (Å²) in [6.45, 7) is 6.42. The molecule has 1 aromatic rings. The van der Waals surface area contributed by atoms with E-state index in [1.165, 1.54) is 19.3 Å². The van der Waals surface area contributed by atoms with E-state index in [1.807, 2.05) is 4.68 Å². The first-order valence-corrected chi connectivity index (χ1v) is 7.70. The Morgan fingerprint density at radius 3 is 2.80 bits per heavy atom. The Balaban J connectivity index is 2.28. The quantitative estimate of drug-likeness (QED) is 0.897. The predicted octanol–water partition coefficient (Wildman–Crippen LogP) is 3.32. The van der Waals surface area contributed by atoms with Gasteiger partial charge in [0.05, 0.1) is 11.7 Å². The van der Waals surface area contributed by atoms with Gasteiger partial charge in [0.15, 0.2) is 5.69 Å². The van der Waals surface area contributed by atoms with Crippen molar-refractivity contribution >= 4 is 5.97 Å². The van der Waals surface area contributed by atoms with E-state index in [4.69, 9.17) is 0 Å². The molecule has 1 aliphatic carbocycles. The van der Waals surface area contributed by atoms with Crippen LogP contribution in [0.25, 0.3) is 0 Å². The van der Waals surface area contributed by atoms with Crippen LogP contribution in [0.15, 0.2) is 0 Å². The zero-order valence-electron chi connectivity index (χ0n) is 12.7. The van der Waals surface area contributed by atoms with Crippen molar-refractivity contribution < 1.29 is 9.90 Å². The van der Waals surface area contributed by atoms with E-state index in [0.29, 0.717) is 12.0 Å². The number of rotatable bonds is 5. The third-order valence-electron chi connectivity index (χ3n) is 4.27. The first-order valence-electron chi connectivity index (χ1n) is 7.70. The lowest BCUT2D eigenvalue weighted by atomic mass is 9.84. The molecule has 1 fully saturated rings. The van der Waals surface area contributed by atoms with Crippen LogP contribution >= 0.6 is 0 Å². The summed E-state index contributed by atoms with van der Waals surface area (Å²) in [6, 6.07) is 0.322. The fraction of sp³-hybridized carbons (Fsp3) is 0.800. The molecule has 5 heteroatoms. The zero-order valence-corrected chi connectivity index (χ0v) is 12.7. The Bertz CT molecular complexity index is 468. The number of carboxylic acids is 1. The van der Waals surface area contributed by atoms with Crippen LogP contribution in [0.4, 0.5) is 0 Å². The highest BCUT2D eigenvalue weighted by molar-refractivity contribution is 5.86. The van der Waals surface area contributed by atoms with E-state index in [9.17, 15) is 9.90 Å². The van der Waals surface area contributed by atoms with Gasteiger partial charge in [0.25, 0.3) is 0 Å². The normalized spacial score (nSPS) is 23.2. The minimum Gasteiger partial charge on any atom is -0.476 e. The number of carboxylic acid groups (broad SMARTS) is 1.